The van der Waals surface area contributed by atoms with E-state index < -0.39 is 30.5 Å². The third-order valence-corrected chi connectivity index (χ3v) is 6.59. The first-order chi connectivity index (χ1) is 16.5. The normalized spacial score (nSPS) is 17.7. The van der Waals surface area contributed by atoms with Gasteiger partial charge >= 0.3 is 11.9 Å². The molecular weight excluding hydrogens is 475 g/mol. The van der Waals surface area contributed by atoms with Crippen LogP contribution in [0.15, 0.2) is 17.1 Å². The van der Waals surface area contributed by atoms with Crippen LogP contribution in [0.3, 0.4) is 0 Å². The van der Waals surface area contributed by atoms with Gasteiger partial charge in [0.1, 0.15) is 22.9 Å². The molecule has 188 valence electrons. The summed E-state index contributed by atoms with van der Waals surface area (Å²) in [5.74, 6) is 0.629. The number of anilines is 2. The van der Waals surface area contributed by atoms with Crippen molar-refractivity contribution in [2.75, 3.05) is 36.0 Å². The molecule has 2 saturated heterocycles. The Kier molecular flexibility index (Phi) is 5.44. The predicted octanol–water partition coefficient (Wildman–Crippen LogP) is 2.71. The van der Waals surface area contributed by atoms with Gasteiger partial charge in [0.25, 0.3) is 6.43 Å². The van der Waals surface area contributed by atoms with Gasteiger partial charge in [-0.05, 0) is 20.3 Å². The van der Waals surface area contributed by atoms with Gasteiger partial charge in [-0.2, -0.15) is 18.2 Å². The van der Waals surface area contributed by atoms with Crippen molar-refractivity contribution in [3.05, 3.63) is 34.3 Å². The van der Waals surface area contributed by atoms with Gasteiger partial charge in [0, 0.05) is 44.2 Å². The summed E-state index contributed by atoms with van der Waals surface area (Å²) in [7, 11) is 0. The Bertz CT molecular complexity index is 1330. The largest absolute Gasteiger partial charge is 0.433 e. The van der Waals surface area contributed by atoms with Crippen molar-refractivity contribution in [3.63, 3.8) is 0 Å². The Morgan fingerprint density at radius 3 is 2.46 bits per heavy atom. The smallest absolute Gasteiger partial charge is 0.355 e. The molecule has 0 radical (unpaired) electrons. The van der Waals surface area contributed by atoms with Gasteiger partial charge < -0.3 is 9.80 Å². The van der Waals surface area contributed by atoms with E-state index in [1.165, 1.54) is 17.7 Å². The second-order valence-corrected chi connectivity index (χ2v) is 9.09. The number of hydrogen-bond donors (Lipinski definition) is 0. The quantitative estimate of drug-likeness (QED) is 0.500. The number of aromatic nitrogens is 6. The molecule has 14 heteroatoms. The fraction of sp³-hybridized carbons (Fsp3) is 0.571. The zero-order valence-electron chi connectivity index (χ0n) is 19.1. The van der Waals surface area contributed by atoms with Crippen LogP contribution in [0.2, 0.25) is 0 Å². The standard InChI is InChI=1S/C21H23F5N8O/c1-3-33-13-7-27-18(30-17(13)34(19(33)35)8-15(22)23)31-5-4-20(9-31)10-32(11-20)16-6-14(21(24,25)26)28-12(2)29-16/h6-7,15H,3-5,8-11H2,1-2H3. The highest BCUT2D eigenvalue weighted by Gasteiger charge is 2.49. The van der Waals surface area contributed by atoms with E-state index in [1.807, 2.05) is 4.90 Å². The summed E-state index contributed by atoms with van der Waals surface area (Å²) in [6, 6.07) is 0.963. The lowest BCUT2D eigenvalue weighted by Gasteiger charge is -2.48. The maximum absolute atomic E-state index is 13.1. The van der Waals surface area contributed by atoms with Crippen LogP contribution in [0.5, 0.6) is 0 Å². The van der Waals surface area contributed by atoms with Crippen LogP contribution >= 0.6 is 0 Å². The van der Waals surface area contributed by atoms with Crippen LogP contribution in [0, 0.1) is 12.3 Å². The number of alkyl halides is 5. The number of halogens is 5. The van der Waals surface area contributed by atoms with Crippen molar-refractivity contribution in [3.8, 4) is 0 Å². The van der Waals surface area contributed by atoms with Crippen LogP contribution in [0.4, 0.5) is 33.7 Å². The highest BCUT2D eigenvalue weighted by Crippen LogP contribution is 2.43. The lowest BCUT2D eigenvalue weighted by molar-refractivity contribution is -0.141. The van der Waals surface area contributed by atoms with Gasteiger partial charge in [-0.3, -0.25) is 9.13 Å². The lowest BCUT2D eigenvalue weighted by Crippen LogP contribution is -2.58. The van der Waals surface area contributed by atoms with Crippen molar-refractivity contribution in [1.29, 1.82) is 0 Å². The molecule has 5 rings (SSSR count). The molecule has 5 heterocycles. The number of fused-ring (bicyclic) bond motifs is 1. The molecule has 2 fully saturated rings. The minimum atomic E-state index is -4.55. The number of aryl methyl sites for hydroxylation is 2. The van der Waals surface area contributed by atoms with Crippen LogP contribution in [-0.2, 0) is 19.3 Å². The van der Waals surface area contributed by atoms with Gasteiger partial charge in [0.05, 0.1) is 12.7 Å². The topological polar surface area (TPSA) is 85.0 Å². The molecule has 0 N–H and O–H groups in total. The Morgan fingerprint density at radius 2 is 1.80 bits per heavy atom. The van der Waals surface area contributed by atoms with Gasteiger partial charge in [-0.1, -0.05) is 0 Å². The van der Waals surface area contributed by atoms with Crippen LogP contribution in [0.1, 0.15) is 24.9 Å². The highest BCUT2D eigenvalue weighted by atomic mass is 19.4. The first kappa shape index (κ1) is 23.4. The van der Waals surface area contributed by atoms with E-state index in [1.54, 1.807) is 11.8 Å². The Labute approximate surface area is 196 Å². The number of imidazole rings is 1. The maximum Gasteiger partial charge on any atom is 0.433 e. The summed E-state index contributed by atoms with van der Waals surface area (Å²) in [6.07, 6.45) is -5.01. The molecule has 0 atom stereocenters. The van der Waals surface area contributed by atoms with E-state index in [0.717, 1.165) is 17.1 Å². The Balaban J connectivity index is 1.36. The van der Waals surface area contributed by atoms with E-state index in [4.69, 9.17) is 0 Å². The molecule has 2 aliphatic rings. The first-order valence-electron chi connectivity index (χ1n) is 11.2. The molecule has 0 aromatic carbocycles. The molecule has 0 unspecified atom stereocenters. The second kappa shape index (κ2) is 8.12. The highest BCUT2D eigenvalue weighted by molar-refractivity contribution is 5.72. The maximum atomic E-state index is 13.1. The summed E-state index contributed by atoms with van der Waals surface area (Å²) < 4.78 is 67.9. The predicted molar refractivity (Wildman–Crippen MR) is 117 cm³/mol. The zero-order chi connectivity index (χ0) is 25.1. The fourth-order valence-electron chi connectivity index (χ4n) is 4.99. The van der Waals surface area contributed by atoms with Gasteiger partial charge in [0.15, 0.2) is 5.65 Å². The van der Waals surface area contributed by atoms with Crippen molar-refractivity contribution in [2.45, 2.75) is 46.0 Å². The minimum Gasteiger partial charge on any atom is -0.355 e. The van der Waals surface area contributed by atoms with Crippen molar-refractivity contribution < 1.29 is 22.0 Å². The van der Waals surface area contributed by atoms with Crippen molar-refractivity contribution in [1.82, 2.24) is 29.1 Å². The van der Waals surface area contributed by atoms with Crippen LogP contribution in [-0.4, -0.2) is 61.7 Å². The minimum absolute atomic E-state index is 0.0550. The fourth-order valence-corrected chi connectivity index (χ4v) is 4.99. The molecule has 3 aromatic rings. The third kappa shape index (κ3) is 4.08. The third-order valence-electron chi connectivity index (χ3n) is 6.59. The van der Waals surface area contributed by atoms with Crippen molar-refractivity contribution in [2.24, 2.45) is 5.41 Å². The van der Waals surface area contributed by atoms with Gasteiger partial charge in [-0.25, -0.2) is 28.5 Å². The molecule has 0 amide bonds. The molecule has 9 nitrogen and oxygen atoms in total. The SMILES string of the molecule is CCn1c(=O)n(CC(F)F)c2nc(N3CCC4(CN(c5cc(C(F)(F)F)nc(C)n5)C4)C3)ncc21. The summed E-state index contributed by atoms with van der Waals surface area (Å²) >= 11 is 0. The second-order valence-electron chi connectivity index (χ2n) is 9.09. The van der Waals surface area contributed by atoms with Crippen LogP contribution in [0.25, 0.3) is 11.2 Å². The summed E-state index contributed by atoms with van der Waals surface area (Å²) in [5.41, 5.74) is -1.14. The monoisotopic (exact) mass is 498 g/mol. The molecule has 0 bridgehead atoms. The molecule has 0 aliphatic carbocycles. The van der Waals surface area contributed by atoms with E-state index in [0.29, 0.717) is 44.2 Å². The summed E-state index contributed by atoms with van der Waals surface area (Å²) in [6.45, 7) is 4.90. The molecular formula is C21H23F5N8O. The van der Waals surface area contributed by atoms with Gasteiger partial charge in [0.2, 0.25) is 5.95 Å². The summed E-state index contributed by atoms with van der Waals surface area (Å²) in [4.78, 5) is 32.8. The van der Waals surface area contributed by atoms with E-state index in [-0.39, 0.29) is 22.7 Å². The van der Waals surface area contributed by atoms with E-state index in [9.17, 15) is 26.7 Å². The molecule has 3 aromatic heterocycles. The lowest BCUT2D eigenvalue weighted by atomic mass is 9.79. The number of rotatable bonds is 5. The number of nitrogens with zero attached hydrogens (tertiary/aromatic N) is 8. The average molecular weight is 498 g/mol. The average Bonchev–Trinajstić information content (AvgIpc) is 3.31. The van der Waals surface area contributed by atoms with Gasteiger partial charge in [-0.15, -0.1) is 0 Å². The zero-order valence-corrected chi connectivity index (χ0v) is 19.1. The first-order valence-corrected chi connectivity index (χ1v) is 11.2. The number of hydrogen-bond acceptors (Lipinski definition) is 7. The van der Waals surface area contributed by atoms with E-state index >= 15 is 0 Å². The Morgan fingerprint density at radius 1 is 1.09 bits per heavy atom. The molecule has 35 heavy (non-hydrogen) atoms. The van der Waals surface area contributed by atoms with E-state index in [2.05, 4.69) is 19.9 Å². The molecule has 0 saturated carbocycles. The Hall–Kier alpha value is -3.32. The molecule has 1 spiro atoms. The summed E-state index contributed by atoms with van der Waals surface area (Å²) in [5, 5.41) is 0. The van der Waals surface area contributed by atoms with Crippen molar-refractivity contribution >= 4 is 22.9 Å². The molecule has 2 aliphatic heterocycles. The van der Waals surface area contributed by atoms with Crippen LogP contribution < -0.4 is 15.5 Å².